The van der Waals surface area contributed by atoms with Crippen LogP contribution in [0.1, 0.15) is 32.1 Å². The summed E-state index contributed by atoms with van der Waals surface area (Å²) in [4.78, 5) is 42.1. The molecule has 1 amide bonds. The highest BCUT2D eigenvalue weighted by molar-refractivity contribution is 7.15. The normalized spacial score (nSPS) is 10.8. The number of esters is 1. The summed E-state index contributed by atoms with van der Waals surface area (Å²) < 4.78 is 20.7. The lowest BCUT2D eigenvalue weighted by Crippen LogP contribution is -2.18. The standard InChI is InChI=1S/C22H16FN3O4S/c1-13-12-31-22-24-14(10-19(27)26(13)22)11-30-21(29)16-7-3-5-9-18(16)25-20(28)15-6-2-4-8-17(15)23/h2-10,12H,11H2,1H3,(H,25,28). The van der Waals surface area contributed by atoms with Gasteiger partial charge in [0.15, 0.2) is 4.96 Å². The minimum absolute atomic E-state index is 0.0944. The molecule has 2 aromatic heterocycles. The fourth-order valence-electron chi connectivity index (χ4n) is 3.00. The number of hydrogen-bond donors (Lipinski definition) is 1. The number of benzene rings is 2. The van der Waals surface area contributed by atoms with E-state index in [4.69, 9.17) is 4.74 Å². The first-order valence-electron chi connectivity index (χ1n) is 9.23. The number of aromatic nitrogens is 2. The Hall–Kier alpha value is -3.85. The van der Waals surface area contributed by atoms with Crippen LogP contribution in [-0.2, 0) is 11.3 Å². The molecular weight excluding hydrogens is 421 g/mol. The predicted molar refractivity (Wildman–Crippen MR) is 114 cm³/mol. The van der Waals surface area contributed by atoms with E-state index in [2.05, 4.69) is 10.3 Å². The summed E-state index contributed by atoms with van der Waals surface area (Å²) in [5, 5.41) is 4.35. The van der Waals surface area contributed by atoms with Gasteiger partial charge in [-0.25, -0.2) is 14.2 Å². The zero-order valence-corrected chi connectivity index (χ0v) is 17.1. The Labute approximate surface area is 179 Å². The van der Waals surface area contributed by atoms with E-state index in [9.17, 15) is 18.8 Å². The van der Waals surface area contributed by atoms with Crippen molar-refractivity contribution in [2.24, 2.45) is 0 Å². The molecule has 2 aromatic carbocycles. The Kier molecular flexibility index (Phi) is 5.59. The monoisotopic (exact) mass is 437 g/mol. The van der Waals surface area contributed by atoms with E-state index in [0.29, 0.717) is 10.7 Å². The van der Waals surface area contributed by atoms with Crippen molar-refractivity contribution in [2.75, 3.05) is 5.32 Å². The third-order valence-electron chi connectivity index (χ3n) is 4.49. The van der Waals surface area contributed by atoms with E-state index in [0.717, 1.165) is 5.69 Å². The predicted octanol–water partition coefficient (Wildman–Crippen LogP) is 3.81. The lowest BCUT2D eigenvalue weighted by molar-refractivity contribution is 0.0469. The molecule has 2 heterocycles. The SMILES string of the molecule is Cc1csc2nc(COC(=O)c3ccccc3NC(=O)c3ccccc3F)cc(=O)n12. The van der Waals surface area contributed by atoms with Crippen LogP contribution >= 0.6 is 11.3 Å². The summed E-state index contributed by atoms with van der Waals surface area (Å²) in [6.07, 6.45) is 0. The van der Waals surface area contributed by atoms with Crippen molar-refractivity contribution in [1.29, 1.82) is 0 Å². The van der Waals surface area contributed by atoms with E-state index >= 15 is 0 Å². The van der Waals surface area contributed by atoms with Gasteiger partial charge in [-0.1, -0.05) is 24.3 Å². The number of thiazole rings is 1. The molecule has 4 aromatic rings. The van der Waals surface area contributed by atoms with Gasteiger partial charge in [0.05, 0.1) is 22.5 Å². The van der Waals surface area contributed by atoms with Gasteiger partial charge in [-0.05, 0) is 31.2 Å². The molecule has 0 atom stereocenters. The summed E-state index contributed by atoms with van der Waals surface area (Å²) in [6.45, 7) is 1.59. The number of anilines is 1. The number of rotatable bonds is 5. The molecule has 31 heavy (non-hydrogen) atoms. The maximum atomic E-state index is 13.9. The number of carbonyl (C=O) groups is 2. The number of fused-ring (bicyclic) bond motifs is 1. The number of amides is 1. The summed E-state index contributed by atoms with van der Waals surface area (Å²) >= 11 is 1.31. The van der Waals surface area contributed by atoms with Crippen LogP contribution in [0, 0.1) is 12.7 Å². The Balaban J connectivity index is 1.51. The van der Waals surface area contributed by atoms with Crippen LogP contribution in [-0.4, -0.2) is 21.3 Å². The first-order chi connectivity index (χ1) is 14.9. The van der Waals surface area contributed by atoms with Crippen molar-refractivity contribution in [3.05, 3.63) is 98.7 Å². The second-order valence-corrected chi connectivity index (χ2v) is 7.47. The van der Waals surface area contributed by atoms with Gasteiger partial charge in [-0.15, -0.1) is 11.3 Å². The van der Waals surface area contributed by atoms with E-state index in [-0.39, 0.29) is 29.0 Å². The minimum atomic E-state index is -0.714. The average molecular weight is 437 g/mol. The number of hydrogen-bond acceptors (Lipinski definition) is 6. The van der Waals surface area contributed by atoms with Gasteiger partial charge in [-0.3, -0.25) is 14.0 Å². The third kappa shape index (κ3) is 4.22. The number of para-hydroxylation sites is 1. The van der Waals surface area contributed by atoms with Gasteiger partial charge in [0.2, 0.25) is 0 Å². The molecule has 0 fully saturated rings. The Morgan fingerprint density at radius 1 is 1.13 bits per heavy atom. The second kappa shape index (κ2) is 8.49. The van der Waals surface area contributed by atoms with Crippen LogP contribution in [0.2, 0.25) is 0 Å². The molecule has 0 unspecified atom stereocenters. The van der Waals surface area contributed by atoms with Gasteiger partial charge in [-0.2, -0.15) is 0 Å². The van der Waals surface area contributed by atoms with Gasteiger partial charge < -0.3 is 10.1 Å². The minimum Gasteiger partial charge on any atom is -0.456 e. The van der Waals surface area contributed by atoms with Crippen LogP contribution in [0.4, 0.5) is 10.1 Å². The van der Waals surface area contributed by atoms with E-state index < -0.39 is 17.7 Å². The average Bonchev–Trinajstić information content (AvgIpc) is 3.14. The lowest BCUT2D eigenvalue weighted by atomic mass is 10.1. The molecule has 7 nitrogen and oxygen atoms in total. The molecule has 0 aliphatic rings. The summed E-state index contributed by atoms with van der Waals surface area (Å²) in [6, 6.07) is 13.1. The molecular formula is C22H16FN3O4S. The molecule has 0 bridgehead atoms. The van der Waals surface area contributed by atoms with Crippen molar-refractivity contribution in [3.8, 4) is 0 Å². The molecule has 0 aliphatic carbocycles. The quantitative estimate of drug-likeness (QED) is 0.480. The number of nitrogens with one attached hydrogen (secondary N) is 1. The summed E-state index contributed by atoms with van der Waals surface area (Å²) in [7, 11) is 0. The van der Waals surface area contributed by atoms with Gasteiger partial charge in [0.1, 0.15) is 12.4 Å². The Bertz CT molecular complexity index is 1360. The van der Waals surface area contributed by atoms with Crippen molar-refractivity contribution >= 4 is 33.9 Å². The molecule has 156 valence electrons. The van der Waals surface area contributed by atoms with Crippen molar-refractivity contribution in [2.45, 2.75) is 13.5 Å². The molecule has 0 spiro atoms. The number of aryl methyl sites for hydroxylation is 1. The Morgan fingerprint density at radius 3 is 2.61 bits per heavy atom. The molecule has 4 rings (SSSR count). The summed E-state index contributed by atoms with van der Waals surface area (Å²) in [5.41, 5.74) is 0.964. The van der Waals surface area contributed by atoms with Gasteiger partial charge in [0, 0.05) is 17.1 Å². The van der Waals surface area contributed by atoms with Crippen molar-refractivity contribution in [3.63, 3.8) is 0 Å². The highest BCUT2D eigenvalue weighted by Gasteiger charge is 2.17. The van der Waals surface area contributed by atoms with Crippen molar-refractivity contribution in [1.82, 2.24) is 9.38 Å². The Morgan fingerprint density at radius 2 is 1.84 bits per heavy atom. The fraction of sp³-hybridized carbons (Fsp3) is 0.0909. The number of halogens is 1. The van der Waals surface area contributed by atoms with Crippen LogP contribution in [0.15, 0.2) is 64.8 Å². The zero-order valence-electron chi connectivity index (χ0n) is 16.3. The van der Waals surface area contributed by atoms with E-state index in [1.807, 2.05) is 5.38 Å². The van der Waals surface area contributed by atoms with Crippen LogP contribution in [0.25, 0.3) is 4.96 Å². The molecule has 0 saturated carbocycles. The molecule has 9 heteroatoms. The molecule has 0 saturated heterocycles. The lowest BCUT2D eigenvalue weighted by Gasteiger charge is -2.11. The molecule has 0 aliphatic heterocycles. The molecule has 0 radical (unpaired) electrons. The van der Waals surface area contributed by atoms with Gasteiger partial charge >= 0.3 is 5.97 Å². The summed E-state index contributed by atoms with van der Waals surface area (Å²) in [5.74, 6) is -2.07. The zero-order chi connectivity index (χ0) is 22.0. The number of nitrogens with zero attached hydrogens (tertiary/aromatic N) is 2. The molecule has 1 N–H and O–H groups in total. The maximum Gasteiger partial charge on any atom is 0.340 e. The smallest absolute Gasteiger partial charge is 0.340 e. The highest BCUT2D eigenvalue weighted by Crippen LogP contribution is 2.19. The topological polar surface area (TPSA) is 89.8 Å². The van der Waals surface area contributed by atoms with Crippen molar-refractivity contribution < 1.29 is 18.7 Å². The largest absolute Gasteiger partial charge is 0.456 e. The van der Waals surface area contributed by atoms with Crippen LogP contribution in [0.3, 0.4) is 0 Å². The number of ether oxygens (including phenoxy) is 1. The van der Waals surface area contributed by atoms with Crippen LogP contribution < -0.4 is 10.9 Å². The first-order valence-corrected chi connectivity index (χ1v) is 10.1. The van der Waals surface area contributed by atoms with E-state index in [1.54, 1.807) is 25.1 Å². The second-order valence-electron chi connectivity index (χ2n) is 6.64. The van der Waals surface area contributed by atoms with Crippen LogP contribution in [0.5, 0.6) is 0 Å². The van der Waals surface area contributed by atoms with Gasteiger partial charge in [0.25, 0.3) is 11.5 Å². The fourth-order valence-corrected chi connectivity index (χ4v) is 3.89. The number of carbonyl (C=O) groups excluding carboxylic acids is 2. The first kappa shape index (κ1) is 20.4. The highest BCUT2D eigenvalue weighted by atomic mass is 32.1. The maximum absolute atomic E-state index is 13.9. The third-order valence-corrected chi connectivity index (χ3v) is 5.44. The van der Waals surface area contributed by atoms with E-state index in [1.165, 1.54) is 52.1 Å².